The Bertz CT molecular complexity index is 388. The normalized spacial score (nSPS) is 11.2. The molecule has 0 amide bonds. The molecule has 66 valence electrons. The number of aromatic nitrogens is 1. The number of hydrogen-bond acceptors (Lipinski definition) is 3. The molecule has 12 heavy (non-hydrogen) atoms. The SMILES string of the molecule is CS(C)(=O)=Nc1cnccc1Cl. The minimum absolute atomic E-state index is 0.474. The molecular formula is C7H9ClN2OS. The van der Waals surface area contributed by atoms with E-state index < -0.39 is 9.73 Å². The van der Waals surface area contributed by atoms with Crippen LogP contribution in [0.5, 0.6) is 0 Å². The zero-order valence-corrected chi connectivity index (χ0v) is 8.39. The second kappa shape index (κ2) is 3.41. The van der Waals surface area contributed by atoms with E-state index in [0.29, 0.717) is 10.7 Å². The maximum atomic E-state index is 11.3. The average Bonchev–Trinajstić information content (AvgIpc) is 1.91. The minimum atomic E-state index is -2.15. The Morgan fingerprint density at radius 1 is 1.58 bits per heavy atom. The van der Waals surface area contributed by atoms with Crippen molar-refractivity contribution in [1.82, 2.24) is 4.98 Å². The number of halogens is 1. The van der Waals surface area contributed by atoms with Crippen molar-refractivity contribution in [2.45, 2.75) is 0 Å². The standard InChI is InChI=1S/C7H9ClN2OS/c1-12(2,11)10-7-5-9-4-3-6(7)8/h3-5H,1-2H3. The van der Waals surface area contributed by atoms with E-state index in [2.05, 4.69) is 9.35 Å². The van der Waals surface area contributed by atoms with Gasteiger partial charge in [-0.1, -0.05) is 11.6 Å². The van der Waals surface area contributed by atoms with Crippen molar-refractivity contribution in [1.29, 1.82) is 0 Å². The molecule has 0 N–H and O–H groups in total. The van der Waals surface area contributed by atoms with E-state index in [9.17, 15) is 4.21 Å². The molecule has 0 unspecified atom stereocenters. The van der Waals surface area contributed by atoms with Gasteiger partial charge in [0.1, 0.15) is 5.69 Å². The Hall–Kier alpha value is -0.610. The number of rotatable bonds is 1. The quantitative estimate of drug-likeness (QED) is 0.703. The first-order chi connectivity index (χ1) is 5.49. The van der Waals surface area contributed by atoms with E-state index in [1.807, 2.05) is 0 Å². The molecule has 0 radical (unpaired) electrons. The van der Waals surface area contributed by atoms with Gasteiger partial charge in [-0.15, -0.1) is 0 Å². The summed E-state index contributed by atoms with van der Waals surface area (Å²) in [5.41, 5.74) is 0.481. The summed E-state index contributed by atoms with van der Waals surface area (Å²) in [4.78, 5) is 3.83. The summed E-state index contributed by atoms with van der Waals surface area (Å²) in [6.07, 6.45) is 6.16. The van der Waals surface area contributed by atoms with E-state index >= 15 is 0 Å². The molecule has 0 bridgehead atoms. The summed E-state index contributed by atoms with van der Waals surface area (Å²) in [7, 11) is -2.15. The highest BCUT2D eigenvalue weighted by atomic mass is 35.5. The van der Waals surface area contributed by atoms with E-state index in [0.717, 1.165) is 0 Å². The topological polar surface area (TPSA) is 42.3 Å². The Kier molecular flexibility index (Phi) is 2.69. The zero-order chi connectivity index (χ0) is 9.19. The smallest absolute Gasteiger partial charge is 0.110 e. The predicted octanol–water partition coefficient (Wildman–Crippen LogP) is 2.09. The van der Waals surface area contributed by atoms with E-state index in [1.165, 1.54) is 6.20 Å². The molecule has 3 nitrogen and oxygen atoms in total. The van der Waals surface area contributed by atoms with Gasteiger partial charge in [-0.3, -0.25) is 4.98 Å². The van der Waals surface area contributed by atoms with E-state index in [4.69, 9.17) is 11.6 Å². The maximum absolute atomic E-state index is 11.3. The van der Waals surface area contributed by atoms with Crippen molar-refractivity contribution in [2.24, 2.45) is 4.36 Å². The third-order valence-electron chi connectivity index (χ3n) is 1.07. The molecular weight excluding hydrogens is 196 g/mol. The average molecular weight is 205 g/mol. The van der Waals surface area contributed by atoms with Crippen LogP contribution in [0.3, 0.4) is 0 Å². The Labute approximate surface area is 77.0 Å². The number of hydrogen-bond donors (Lipinski definition) is 0. The molecule has 0 saturated heterocycles. The van der Waals surface area contributed by atoms with Gasteiger partial charge in [-0.2, -0.15) is 4.36 Å². The van der Waals surface area contributed by atoms with Gasteiger partial charge in [0.05, 0.1) is 11.2 Å². The summed E-state index contributed by atoms with van der Waals surface area (Å²) >= 11 is 5.77. The predicted molar refractivity (Wildman–Crippen MR) is 51.3 cm³/mol. The van der Waals surface area contributed by atoms with Crippen LogP contribution in [-0.2, 0) is 9.73 Å². The highest BCUT2D eigenvalue weighted by Gasteiger charge is 1.98. The lowest BCUT2D eigenvalue weighted by molar-refractivity contribution is 0.684. The van der Waals surface area contributed by atoms with Crippen molar-refractivity contribution in [3.63, 3.8) is 0 Å². The van der Waals surface area contributed by atoms with Gasteiger partial charge in [0.2, 0.25) is 0 Å². The molecule has 0 fully saturated rings. The van der Waals surface area contributed by atoms with Gasteiger partial charge < -0.3 is 0 Å². The number of pyridine rings is 1. The van der Waals surface area contributed by atoms with Gasteiger partial charge in [0, 0.05) is 28.4 Å². The van der Waals surface area contributed by atoms with E-state index in [1.54, 1.807) is 24.8 Å². The van der Waals surface area contributed by atoms with Crippen LogP contribution in [0.4, 0.5) is 5.69 Å². The van der Waals surface area contributed by atoms with Crippen LogP contribution in [0, 0.1) is 0 Å². The summed E-state index contributed by atoms with van der Waals surface area (Å²) in [6, 6.07) is 1.62. The summed E-state index contributed by atoms with van der Waals surface area (Å²) < 4.78 is 15.2. The second-order valence-electron chi connectivity index (χ2n) is 2.60. The Morgan fingerprint density at radius 3 is 2.75 bits per heavy atom. The van der Waals surface area contributed by atoms with Crippen molar-refractivity contribution in [3.8, 4) is 0 Å². The Balaban J connectivity index is 3.23. The van der Waals surface area contributed by atoms with Gasteiger partial charge in [0.25, 0.3) is 0 Å². The molecule has 0 spiro atoms. The maximum Gasteiger partial charge on any atom is 0.110 e. The lowest BCUT2D eigenvalue weighted by Crippen LogP contribution is -1.89. The minimum Gasteiger partial charge on any atom is -0.262 e. The lowest BCUT2D eigenvalue weighted by atomic mass is 10.4. The first kappa shape index (κ1) is 9.48. The summed E-state index contributed by atoms with van der Waals surface area (Å²) in [5, 5.41) is 0.474. The second-order valence-corrected chi connectivity index (χ2v) is 5.55. The Morgan fingerprint density at radius 2 is 2.25 bits per heavy atom. The van der Waals surface area contributed by atoms with Crippen LogP contribution in [0.1, 0.15) is 0 Å². The fourth-order valence-electron chi connectivity index (χ4n) is 0.673. The molecule has 1 rings (SSSR count). The van der Waals surface area contributed by atoms with Crippen LogP contribution in [0.25, 0.3) is 0 Å². The van der Waals surface area contributed by atoms with Crippen LogP contribution >= 0.6 is 11.6 Å². The largest absolute Gasteiger partial charge is 0.262 e. The molecule has 1 aromatic heterocycles. The van der Waals surface area contributed by atoms with Gasteiger partial charge in [0.15, 0.2) is 0 Å². The van der Waals surface area contributed by atoms with Crippen molar-refractivity contribution >= 4 is 27.0 Å². The molecule has 1 heterocycles. The molecule has 0 aliphatic rings. The van der Waals surface area contributed by atoms with Crippen molar-refractivity contribution in [3.05, 3.63) is 23.5 Å². The highest BCUT2D eigenvalue weighted by Crippen LogP contribution is 2.23. The van der Waals surface area contributed by atoms with Crippen LogP contribution in [0.15, 0.2) is 22.8 Å². The van der Waals surface area contributed by atoms with Gasteiger partial charge >= 0.3 is 0 Å². The van der Waals surface area contributed by atoms with Gasteiger partial charge in [-0.05, 0) is 6.07 Å². The van der Waals surface area contributed by atoms with E-state index in [-0.39, 0.29) is 0 Å². The highest BCUT2D eigenvalue weighted by molar-refractivity contribution is 7.92. The third-order valence-corrected chi connectivity index (χ3v) is 2.02. The van der Waals surface area contributed by atoms with Gasteiger partial charge in [-0.25, -0.2) is 4.21 Å². The van der Waals surface area contributed by atoms with Crippen LogP contribution in [-0.4, -0.2) is 21.7 Å². The van der Waals surface area contributed by atoms with Crippen molar-refractivity contribution < 1.29 is 4.21 Å². The summed E-state index contributed by atoms with van der Waals surface area (Å²) in [6.45, 7) is 0. The lowest BCUT2D eigenvalue weighted by Gasteiger charge is -1.97. The molecule has 0 atom stereocenters. The van der Waals surface area contributed by atoms with Crippen molar-refractivity contribution in [2.75, 3.05) is 12.5 Å². The zero-order valence-electron chi connectivity index (χ0n) is 6.82. The van der Waals surface area contributed by atoms with Crippen LogP contribution in [0.2, 0.25) is 5.02 Å². The molecule has 0 aromatic carbocycles. The first-order valence-corrected chi connectivity index (χ1v) is 5.96. The third kappa shape index (κ3) is 2.79. The fourth-order valence-corrected chi connectivity index (χ4v) is 1.49. The summed E-state index contributed by atoms with van der Waals surface area (Å²) in [5.74, 6) is 0. The molecule has 1 aromatic rings. The number of nitrogens with zero attached hydrogens (tertiary/aromatic N) is 2. The molecule has 5 heteroatoms. The molecule has 0 aliphatic carbocycles. The monoisotopic (exact) mass is 204 g/mol. The fraction of sp³-hybridized carbons (Fsp3) is 0.286. The molecule has 0 saturated carbocycles. The molecule has 0 aliphatic heterocycles. The van der Waals surface area contributed by atoms with Crippen LogP contribution < -0.4 is 0 Å². The first-order valence-electron chi connectivity index (χ1n) is 3.26.